The molecule has 1 aromatic carbocycles. The van der Waals surface area contributed by atoms with Crippen LogP contribution in [0.15, 0.2) is 42.6 Å². The van der Waals surface area contributed by atoms with Crippen LogP contribution >= 0.6 is 0 Å². The van der Waals surface area contributed by atoms with E-state index in [9.17, 15) is 14.0 Å². The molecule has 3 nitrogen and oxygen atoms in total. The van der Waals surface area contributed by atoms with Crippen molar-refractivity contribution in [3.05, 3.63) is 65.5 Å². The summed E-state index contributed by atoms with van der Waals surface area (Å²) in [5.74, 6) is -0.0769. The van der Waals surface area contributed by atoms with Crippen molar-refractivity contribution in [1.29, 1.82) is 5.26 Å². The van der Waals surface area contributed by atoms with Crippen LogP contribution in [0.4, 0.5) is 8.78 Å². The second-order valence-corrected chi connectivity index (χ2v) is 7.81. The number of halogens is 2. The molecule has 140 valence electrons. The third-order valence-electron chi connectivity index (χ3n) is 6.01. The molecule has 2 aliphatic rings. The summed E-state index contributed by atoms with van der Waals surface area (Å²) in [6, 6.07) is 11.8. The van der Waals surface area contributed by atoms with E-state index >= 15 is 0 Å². The number of rotatable bonds is 5. The quantitative estimate of drug-likeness (QED) is 0.745. The molecule has 0 bridgehead atoms. The smallest absolute Gasteiger partial charge is 0.141 e. The van der Waals surface area contributed by atoms with Crippen molar-refractivity contribution in [2.24, 2.45) is 5.92 Å². The van der Waals surface area contributed by atoms with E-state index in [4.69, 9.17) is 4.74 Å². The van der Waals surface area contributed by atoms with Gasteiger partial charge < -0.3 is 4.74 Å². The summed E-state index contributed by atoms with van der Waals surface area (Å²) in [5, 5.41) is 9.92. The number of hydrogen-bond donors (Lipinski definition) is 0. The monoisotopic (exact) mass is 368 g/mol. The first-order valence-corrected chi connectivity index (χ1v) is 9.49. The summed E-state index contributed by atoms with van der Waals surface area (Å²) >= 11 is 0. The van der Waals surface area contributed by atoms with E-state index in [2.05, 4.69) is 11.1 Å². The summed E-state index contributed by atoms with van der Waals surface area (Å²) in [4.78, 5) is 4.30. The van der Waals surface area contributed by atoms with E-state index in [1.165, 1.54) is 37.2 Å². The average Bonchev–Trinajstić information content (AvgIpc) is 3.53. The zero-order valence-electron chi connectivity index (χ0n) is 15.1. The van der Waals surface area contributed by atoms with E-state index in [1.807, 2.05) is 0 Å². The largest absolute Gasteiger partial charge is 0.368 e. The Morgan fingerprint density at radius 2 is 1.67 bits per heavy atom. The third kappa shape index (κ3) is 3.59. The molecule has 1 aromatic heterocycles. The molecule has 5 heteroatoms. The van der Waals surface area contributed by atoms with Crippen LogP contribution in [-0.2, 0) is 15.8 Å². The van der Waals surface area contributed by atoms with Crippen LogP contribution in [0.5, 0.6) is 0 Å². The van der Waals surface area contributed by atoms with E-state index in [1.54, 1.807) is 18.2 Å². The second kappa shape index (κ2) is 7.01. The number of nitriles is 1. The maximum absolute atomic E-state index is 13.4. The summed E-state index contributed by atoms with van der Waals surface area (Å²) in [6.07, 6.45) is 6.04. The van der Waals surface area contributed by atoms with Crippen molar-refractivity contribution in [3.8, 4) is 6.07 Å². The molecule has 2 saturated carbocycles. The normalized spacial score (nSPS) is 27.9. The first kappa shape index (κ1) is 18.1. The van der Waals surface area contributed by atoms with Crippen LogP contribution in [0, 0.1) is 28.9 Å². The van der Waals surface area contributed by atoms with Gasteiger partial charge >= 0.3 is 0 Å². The van der Waals surface area contributed by atoms with Gasteiger partial charge in [-0.15, -0.1) is 0 Å². The van der Waals surface area contributed by atoms with Crippen LogP contribution in [0.1, 0.15) is 49.8 Å². The van der Waals surface area contributed by atoms with E-state index < -0.39 is 11.0 Å². The second-order valence-electron chi connectivity index (χ2n) is 7.81. The lowest BCUT2D eigenvalue weighted by molar-refractivity contribution is -0.0909. The zero-order chi connectivity index (χ0) is 18.9. The lowest BCUT2D eigenvalue weighted by Crippen LogP contribution is -2.41. The van der Waals surface area contributed by atoms with Gasteiger partial charge in [-0.05, 0) is 74.3 Å². The molecule has 0 aliphatic heterocycles. The van der Waals surface area contributed by atoms with E-state index in [0.717, 1.165) is 11.3 Å². The Morgan fingerprint density at radius 3 is 2.22 bits per heavy atom. The fourth-order valence-electron chi connectivity index (χ4n) is 4.00. The fourth-order valence-corrected chi connectivity index (χ4v) is 4.00. The van der Waals surface area contributed by atoms with Gasteiger partial charge in [-0.3, -0.25) is 4.98 Å². The standard InChI is InChI=1S/C22H22F2N2O/c23-18-5-3-17(4-6-18)21(15-25)9-11-22(12-10-21,27-14-16-1-2-16)20-8-7-19(24)13-26-20/h3-8,13,16H,1-2,9-12,14H2. The maximum Gasteiger partial charge on any atom is 0.141 e. The minimum Gasteiger partial charge on any atom is -0.368 e. The SMILES string of the molecule is N#CC1(c2ccc(F)cc2)CCC(OCC2CC2)(c2ccc(F)cn2)CC1. The number of aromatic nitrogens is 1. The van der Waals surface area contributed by atoms with Crippen LogP contribution in [0.25, 0.3) is 0 Å². The molecule has 0 spiro atoms. The lowest BCUT2D eigenvalue weighted by atomic mass is 9.65. The topological polar surface area (TPSA) is 45.9 Å². The molecular formula is C22H22F2N2O. The van der Waals surface area contributed by atoms with Crippen LogP contribution < -0.4 is 0 Å². The molecule has 0 amide bonds. The van der Waals surface area contributed by atoms with Gasteiger partial charge in [0, 0.05) is 0 Å². The lowest BCUT2D eigenvalue weighted by Gasteiger charge is -2.43. The minimum absolute atomic E-state index is 0.305. The summed E-state index contributed by atoms with van der Waals surface area (Å²) in [5.41, 5.74) is 0.334. The van der Waals surface area contributed by atoms with Gasteiger partial charge in [-0.2, -0.15) is 5.26 Å². The van der Waals surface area contributed by atoms with Crippen molar-refractivity contribution in [2.75, 3.05) is 6.61 Å². The van der Waals surface area contributed by atoms with E-state index in [0.29, 0.717) is 38.2 Å². The highest BCUT2D eigenvalue weighted by Crippen LogP contribution is 2.49. The summed E-state index contributed by atoms with van der Waals surface area (Å²) in [7, 11) is 0. The first-order valence-electron chi connectivity index (χ1n) is 9.49. The molecule has 0 N–H and O–H groups in total. The molecule has 2 aliphatic carbocycles. The Balaban J connectivity index is 1.60. The maximum atomic E-state index is 13.4. The van der Waals surface area contributed by atoms with Gasteiger partial charge in [0.05, 0.1) is 30.0 Å². The Morgan fingerprint density at radius 1 is 1.00 bits per heavy atom. The number of pyridine rings is 1. The molecule has 0 saturated heterocycles. The van der Waals surface area contributed by atoms with E-state index in [-0.39, 0.29) is 11.6 Å². The molecule has 2 fully saturated rings. The zero-order valence-corrected chi connectivity index (χ0v) is 15.1. The predicted molar refractivity (Wildman–Crippen MR) is 96.7 cm³/mol. The van der Waals surface area contributed by atoms with Gasteiger partial charge in [-0.25, -0.2) is 8.78 Å². The van der Waals surface area contributed by atoms with Gasteiger partial charge in [0.1, 0.15) is 17.2 Å². The van der Waals surface area contributed by atoms with Gasteiger partial charge in [0.15, 0.2) is 0 Å². The Hall–Kier alpha value is -2.32. The van der Waals surface area contributed by atoms with Gasteiger partial charge in [-0.1, -0.05) is 12.1 Å². The Labute approximate surface area is 158 Å². The van der Waals surface area contributed by atoms with Crippen molar-refractivity contribution < 1.29 is 13.5 Å². The number of ether oxygens (including phenoxy) is 1. The highest BCUT2D eigenvalue weighted by atomic mass is 19.1. The average molecular weight is 368 g/mol. The van der Waals surface area contributed by atoms with Crippen molar-refractivity contribution in [2.45, 2.75) is 49.5 Å². The fraction of sp³-hybridized carbons (Fsp3) is 0.455. The van der Waals surface area contributed by atoms with Crippen molar-refractivity contribution in [1.82, 2.24) is 4.98 Å². The van der Waals surface area contributed by atoms with Crippen molar-refractivity contribution >= 4 is 0 Å². The summed E-state index contributed by atoms with van der Waals surface area (Å²) in [6.45, 7) is 0.676. The summed E-state index contributed by atoms with van der Waals surface area (Å²) < 4.78 is 33.0. The minimum atomic E-state index is -0.653. The molecule has 4 rings (SSSR count). The predicted octanol–water partition coefficient (Wildman–Crippen LogP) is 5.02. The van der Waals surface area contributed by atoms with Crippen molar-refractivity contribution in [3.63, 3.8) is 0 Å². The third-order valence-corrected chi connectivity index (χ3v) is 6.01. The van der Waals surface area contributed by atoms with Gasteiger partial charge in [0.25, 0.3) is 0 Å². The molecule has 0 atom stereocenters. The molecular weight excluding hydrogens is 346 g/mol. The number of hydrogen-bond acceptors (Lipinski definition) is 3. The highest BCUT2D eigenvalue weighted by molar-refractivity contribution is 5.34. The molecule has 0 unspecified atom stereocenters. The molecule has 2 aromatic rings. The Kier molecular flexibility index (Phi) is 4.69. The molecule has 27 heavy (non-hydrogen) atoms. The van der Waals surface area contributed by atoms with Gasteiger partial charge in [0.2, 0.25) is 0 Å². The highest BCUT2D eigenvalue weighted by Gasteiger charge is 2.47. The molecule has 0 radical (unpaired) electrons. The Bertz CT molecular complexity index is 830. The number of nitrogens with zero attached hydrogens (tertiary/aromatic N) is 2. The van der Waals surface area contributed by atoms with Crippen LogP contribution in [0.3, 0.4) is 0 Å². The van der Waals surface area contributed by atoms with Crippen LogP contribution in [0.2, 0.25) is 0 Å². The molecule has 1 heterocycles. The number of benzene rings is 1. The first-order chi connectivity index (χ1) is 13.1. The van der Waals surface area contributed by atoms with Crippen LogP contribution in [-0.4, -0.2) is 11.6 Å².